The van der Waals surface area contributed by atoms with Gasteiger partial charge in [-0.3, -0.25) is 0 Å². The van der Waals surface area contributed by atoms with E-state index in [2.05, 4.69) is 0 Å². The first-order chi connectivity index (χ1) is 11.5. The topological polar surface area (TPSA) is 57.2 Å². The summed E-state index contributed by atoms with van der Waals surface area (Å²) in [6.07, 6.45) is 0. The first kappa shape index (κ1) is 20.3. The fourth-order valence-corrected chi connectivity index (χ4v) is 6.18. The van der Waals surface area contributed by atoms with Gasteiger partial charge in [-0.1, -0.05) is 72.3 Å². The molecule has 0 aliphatic heterocycles. The molecule has 0 aromatic heterocycles. The van der Waals surface area contributed by atoms with Crippen LogP contribution in [0.5, 0.6) is 0 Å². The van der Waals surface area contributed by atoms with E-state index in [0.717, 1.165) is 16.2 Å². The van der Waals surface area contributed by atoms with Crippen LogP contribution in [-0.4, -0.2) is 13.0 Å². The second-order valence-corrected chi connectivity index (χ2v) is 8.97. The Balaban J connectivity index is 0.00000225. The summed E-state index contributed by atoms with van der Waals surface area (Å²) < 4.78 is 35.4. The van der Waals surface area contributed by atoms with Crippen LogP contribution in [0.2, 0.25) is 0 Å². The van der Waals surface area contributed by atoms with E-state index < -0.39 is 18.0 Å². The number of rotatable bonds is 4. The van der Waals surface area contributed by atoms with Gasteiger partial charge in [-0.05, 0) is 37.6 Å². The van der Waals surface area contributed by atoms with Crippen molar-refractivity contribution in [2.24, 2.45) is 0 Å². The second kappa shape index (κ2) is 8.59. The molecule has 0 bridgehead atoms. The van der Waals surface area contributed by atoms with Crippen molar-refractivity contribution >= 4 is 34.0 Å². The molecule has 3 nitrogen and oxygen atoms in total. The summed E-state index contributed by atoms with van der Waals surface area (Å²) in [7, 11) is -5.67. The molecule has 25 heavy (non-hydrogen) atoms. The van der Waals surface area contributed by atoms with Crippen molar-refractivity contribution in [1.29, 1.82) is 0 Å². The maximum Gasteiger partial charge on any atom is 1.00 e. The van der Waals surface area contributed by atoms with Gasteiger partial charge in [0, 0.05) is 5.30 Å². The molecular weight excluding hydrogens is 362 g/mol. The third-order valence-corrected chi connectivity index (χ3v) is 7.18. The Bertz CT molecular complexity index is 905. The fraction of sp³-hybridized carbons (Fsp3) is 0.0526. The predicted octanol–water partition coefficient (Wildman–Crippen LogP) is -0.339. The Hall–Kier alpha value is -1.000. The summed E-state index contributed by atoms with van der Waals surface area (Å²) in [5, 5.41) is 2.60. The van der Waals surface area contributed by atoms with Gasteiger partial charge in [0.25, 0.3) is 0 Å². The third kappa shape index (κ3) is 4.79. The van der Waals surface area contributed by atoms with E-state index in [1.807, 2.05) is 73.7 Å². The molecule has 0 amide bonds. The molecule has 6 heteroatoms. The largest absolute Gasteiger partial charge is 1.00 e. The van der Waals surface area contributed by atoms with Crippen LogP contribution in [0, 0.1) is 6.92 Å². The molecule has 0 saturated heterocycles. The minimum Gasteiger partial charge on any atom is -0.744 e. The van der Waals surface area contributed by atoms with E-state index in [0.29, 0.717) is 5.30 Å². The fourth-order valence-electron chi connectivity index (χ4n) is 2.59. The number of benzene rings is 3. The molecule has 0 spiro atoms. The normalized spacial score (nSPS) is 11.2. The average molecular weight is 378 g/mol. The zero-order valence-corrected chi connectivity index (χ0v) is 17.8. The molecule has 0 saturated carbocycles. The summed E-state index contributed by atoms with van der Waals surface area (Å²) in [6.45, 7) is 1.90. The Morgan fingerprint density at radius 2 is 1.28 bits per heavy atom. The van der Waals surface area contributed by atoms with Gasteiger partial charge in [-0.15, -0.1) is 0 Å². The van der Waals surface area contributed by atoms with Gasteiger partial charge in [0.15, 0.2) is 0 Å². The second-order valence-electron chi connectivity index (χ2n) is 5.43. The molecule has 0 atom stereocenters. The van der Waals surface area contributed by atoms with Crippen LogP contribution in [-0.2, 0) is 10.1 Å². The summed E-state index contributed by atoms with van der Waals surface area (Å²) >= 11 is 0. The van der Waals surface area contributed by atoms with Crippen molar-refractivity contribution in [2.45, 2.75) is 11.8 Å². The van der Waals surface area contributed by atoms with E-state index in [1.165, 1.54) is 6.07 Å². The molecule has 0 aliphatic rings. The molecular formula is C19H16NaO3PS. The molecule has 0 heterocycles. The van der Waals surface area contributed by atoms with Crippen LogP contribution in [0.25, 0.3) is 0 Å². The maximum atomic E-state index is 11.8. The van der Waals surface area contributed by atoms with E-state index >= 15 is 0 Å². The number of aryl methyl sites for hydroxylation is 1. The monoisotopic (exact) mass is 378 g/mol. The Morgan fingerprint density at radius 3 is 1.72 bits per heavy atom. The first-order valence-electron chi connectivity index (χ1n) is 7.43. The minimum atomic E-state index is -4.55. The van der Waals surface area contributed by atoms with Gasteiger partial charge in [0.2, 0.25) is 0 Å². The van der Waals surface area contributed by atoms with Gasteiger partial charge >= 0.3 is 29.6 Å². The zero-order valence-electron chi connectivity index (χ0n) is 14.1. The maximum absolute atomic E-state index is 11.8. The van der Waals surface area contributed by atoms with Gasteiger partial charge in [-0.25, -0.2) is 8.42 Å². The van der Waals surface area contributed by atoms with E-state index in [9.17, 15) is 13.0 Å². The minimum absolute atomic E-state index is 0. The molecule has 0 aliphatic carbocycles. The number of hydrogen-bond acceptors (Lipinski definition) is 3. The van der Waals surface area contributed by atoms with Gasteiger partial charge in [0.1, 0.15) is 10.1 Å². The van der Waals surface area contributed by atoms with E-state index in [-0.39, 0.29) is 34.5 Å². The quantitative estimate of drug-likeness (QED) is 0.355. The average Bonchev–Trinajstić information content (AvgIpc) is 2.56. The molecule has 3 aromatic rings. The summed E-state index contributed by atoms with van der Waals surface area (Å²) in [5.41, 5.74) is 0.928. The summed E-state index contributed by atoms with van der Waals surface area (Å²) in [5.74, 6) is 0. The van der Waals surface area contributed by atoms with Crippen LogP contribution >= 0.6 is 7.92 Å². The Labute approximate surface area is 171 Å². The standard InChI is InChI=1S/C19H17O3PS.Na/c1-15-12-13-19(24(20,21)22)18(14-15)23(16-8-4-2-5-9-16)17-10-6-3-7-11-17;/h2-14H,1H3,(H,20,21,22);/q;+1/p-1. The Kier molecular flexibility index (Phi) is 6.98. The van der Waals surface area contributed by atoms with Crippen molar-refractivity contribution in [3.05, 3.63) is 84.4 Å². The molecule has 3 rings (SSSR count). The van der Waals surface area contributed by atoms with Crippen molar-refractivity contribution in [3.8, 4) is 0 Å². The molecule has 3 aromatic carbocycles. The van der Waals surface area contributed by atoms with E-state index in [1.54, 1.807) is 6.07 Å². The summed E-state index contributed by atoms with van der Waals surface area (Å²) in [4.78, 5) is -0.132. The third-order valence-electron chi connectivity index (χ3n) is 3.65. The number of hydrogen-bond donors (Lipinski definition) is 0. The molecule has 0 N–H and O–H groups in total. The van der Waals surface area contributed by atoms with Crippen LogP contribution in [0.3, 0.4) is 0 Å². The van der Waals surface area contributed by atoms with Crippen LogP contribution in [0.1, 0.15) is 5.56 Å². The molecule has 0 unspecified atom stereocenters. The first-order valence-corrected chi connectivity index (χ1v) is 10.2. The SMILES string of the molecule is Cc1ccc(S(=O)(=O)[O-])c(P(c2ccccc2)c2ccccc2)c1.[Na+]. The van der Waals surface area contributed by atoms with Gasteiger partial charge in [-0.2, -0.15) is 0 Å². The summed E-state index contributed by atoms with van der Waals surface area (Å²) in [6, 6.07) is 24.3. The molecule has 0 fully saturated rings. The molecule has 122 valence electrons. The van der Waals surface area contributed by atoms with Crippen molar-refractivity contribution in [3.63, 3.8) is 0 Å². The smallest absolute Gasteiger partial charge is 0.744 e. The van der Waals surface area contributed by atoms with Crippen LogP contribution in [0.4, 0.5) is 0 Å². The van der Waals surface area contributed by atoms with Crippen LogP contribution in [0.15, 0.2) is 83.8 Å². The van der Waals surface area contributed by atoms with Gasteiger partial charge in [0.05, 0.1) is 4.90 Å². The van der Waals surface area contributed by atoms with Gasteiger partial charge < -0.3 is 4.55 Å². The predicted molar refractivity (Wildman–Crippen MR) is 97.8 cm³/mol. The van der Waals surface area contributed by atoms with E-state index in [4.69, 9.17) is 0 Å². The van der Waals surface area contributed by atoms with Crippen LogP contribution < -0.4 is 45.5 Å². The zero-order chi connectivity index (χ0) is 17.2. The van der Waals surface area contributed by atoms with Crippen molar-refractivity contribution in [2.75, 3.05) is 0 Å². The molecule has 0 radical (unpaired) electrons. The van der Waals surface area contributed by atoms with Crippen molar-refractivity contribution in [1.82, 2.24) is 0 Å². The van der Waals surface area contributed by atoms with Crippen molar-refractivity contribution < 1.29 is 42.5 Å². The Morgan fingerprint density at radius 1 is 0.800 bits per heavy atom.